The molecule has 6 N–H and O–H groups in total. The molecule has 0 saturated carbocycles. The van der Waals surface area contributed by atoms with Gasteiger partial charge in [-0.3, -0.25) is 14.7 Å². The Morgan fingerprint density at radius 3 is 2.44 bits per heavy atom. The Labute approximate surface area is 187 Å². The molecule has 2 aromatic heterocycles. The van der Waals surface area contributed by atoms with Crippen molar-refractivity contribution >= 4 is 17.7 Å². The van der Waals surface area contributed by atoms with Gasteiger partial charge < -0.3 is 11.5 Å². The molecule has 0 saturated heterocycles. The maximum atomic E-state index is 11.0. The van der Waals surface area contributed by atoms with Gasteiger partial charge in [-0.2, -0.15) is 4.98 Å². The number of rotatable bonds is 11. The normalized spacial score (nSPS) is 10.9. The second-order valence-corrected chi connectivity index (χ2v) is 7.64. The highest BCUT2D eigenvalue weighted by Gasteiger charge is 2.13. The van der Waals surface area contributed by atoms with Crippen molar-refractivity contribution in [2.75, 3.05) is 11.5 Å². The Hall–Kier alpha value is -3.53. The number of anilines is 2. The summed E-state index contributed by atoms with van der Waals surface area (Å²) in [6.45, 7) is 2.80. The second kappa shape index (κ2) is 11.2. The van der Waals surface area contributed by atoms with E-state index in [4.69, 9.17) is 16.7 Å². The first-order valence-electron chi connectivity index (χ1n) is 10.9. The van der Waals surface area contributed by atoms with E-state index in [2.05, 4.69) is 20.3 Å². The number of amides is 1. The topological polar surface area (TPSA) is 158 Å². The van der Waals surface area contributed by atoms with E-state index in [1.54, 1.807) is 5.48 Å². The van der Waals surface area contributed by atoms with Gasteiger partial charge >= 0.3 is 0 Å². The average molecular weight is 439 g/mol. The van der Waals surface area contributed by atoms with Crippen molar-refractivity contribution in [1.82, 2.24) is 30.4 Å². The fourth-order valence-corrected chi connectivity index (χ4v) is 3.61. The number of carbonyl (C=O) groups is 1. The minimum Gasteiger partial charge on any atom is -0.383 e. The quantitative estimate of drug-likeness (QED) is 0.202. The van der Waals surface area contributed by atoms with Crippen molar-refractivity contribution in [2.24, 2.45) is 0 Å². The lowest BCUT2D eigenvalue weighted by Crippen LogP contribution is -2.17. The summed E-state index contributed by atoms with van der Waals surface area (Å²) < 4.78 is 1.85. The van der Waals surface area contributed by atoms with Crippen LogP contribution in [-0.4, -0.2) is 36.1 Å². The summed E-state index contributed by atoms with van der Waals surface area (Å²) in [5.74, 6) is 0.236. The molecule has 0 atom stereocenters. The minimum atomic E-state index is -0.329. The Bertz CT molecular complexity index is 1030. The highest BCUT2D eigenvalue weighted by Crippen LogP contribution is 2.30. The van der Waals surface area contributed by atoms with Crippen molar-refractivity contribution in [3.05, 3.63) is 36.2 Å². The second-order valence-electron chi connectivity index (χ2n) is 7.64. The van der Waals surface area contributed by atoms with Crippen molar-refractivity contribution in [3.8, 4) is 22.4 Å². The van der Waals surface area contributed by atoms with Crippen molar-refractivity contribution in [3.63, 3.8) is 0 Å². The first-order chi connectivity index (χ1) is 15.5. The van der Waals surface area contributed by atoms with Crippen molar-refractivity contribution in [1.29, 1.82) is 0 Å². The largest absolute Gasteiger partial charge is 0.383 e. The molecular formula is C22H30N8O2. The van der Waals surface area contributed by atoms with Crippen LogP contribution in [-0.2, 0) is 17.8 Å². The molecule has 0 aliphatic carbocycles. The van der Waals surface area contributed by atoms with Gasteiger partial charge in [0.25, 0.3) is 0 Å². The summed E-state index contributed by atoms with van der Waals surface area (Å²) in [5.41, 5.74) is 17.8. The van der Waals surface area contributed by atoms with Crippen LogP contribution < -0.4 is 16.9 Å². The van der Waals surface area contributed by atoms with E-state index in [1.807, 2.05) is 42.1 Å². The Kier molecular flexibility index (Phi) is 8.09. The van der Waals surface area contributed by atoms with Gasteiger partial charge in [-0.1, -0.05) is 55.7 Å². The lowest BCUT2D eigenvalue weighted by Gasteiger charge is -2.11. The number of nitrogens with two attached hydrogens (primary N) is 2. The number of nitrogen functional groups attached to an aromatic ring is 2. The molecule has 1 amide bonds. The zero-order valence-corrected chi connectivity index (χ0v) is 18.3. The molecule has 0 fully saturated rings. The molecule has 3 aromatic rings. The Morgan fingerprint density at radius 1 is 1.03 bits per heavy atom. The summed E-state index contributed by atoms with van der Waals surface area (Å²) in [7, 11) is 0. The van der Waals surface area contributed by atoms with Crippen LogP contribution in [0.3, 0.4) is 0 Å². The zero-order valence-electron chi connectivity index (χ0n) is 18.3. The van der Waals surface area contributed by atoms with Crippen LogP contribution in [0.15, 0.2) is 30.5 Å². The monoisotopic (exact) mass is 438 g/mol. The third-order valence-electron chi connectivity index (χ3n) is 5.29. The number of nitrogens with one attached hydrogen (secondary N) is 1. The van der Waals surface area contributed by atoms with Gasteiger partial charge in [-0.25, -0.2) is 10.5 Å². The molecule has 170 valence electrons. The number of nitrogens with zero attached hydrogens (tertiary/aromatic N) is 5. The third-order valence-corrected chi connectivity index (χ3v) is 5.29. The molecule has 0 bridgehead atoms. The van der Waals surface area contributed by atoms with Crippen molar-refractivity contribution < 1.29 is 10.0 Å². The number of aryl methyl sites for hydroxylation is 2. The Morgan fingerprint density at radius 2 is 1.72 bits per heavy atom. The van der Waals surface area contributed by atoms with Gasteiger partial charge in [0.2, 0.25) is 11.9 Å². The molecule has 0 aliphatic heterocycles. The maximum Gasteiger partial charge on any atom is 0.243 e. The predicted octanol–water partition coefficient (Wildman–Crippen LogP) is 2.97. The van der Waals surface area contributed by atoms with Gasteiger partial charge in [0.05, 0.1) is 11.9 Å². The van der Waals surface area contributed by atoms with Gasteiger partial charge in [0.15, 0.2) is 0 Å². The number of aromatic nitrogens is 5. The SMILES string of the molecule is CCc1nc(N)nc(N)c1-c1ccc(-c2cn(CCCCCCCC(=O)NO)nn2)cc1. The fraction of sp³-hybridized carbons (Fsp3) is 0.409. The molecule has 0 radical (unpaired) electrons. The molecule has 32 heavy (non-hydrogen) atoms. The number of unbranched alkanes of at least 4 members (excludes halogenated alkanes) is 4. The molecule has 0 spiro atoms. The first-order valence-corrected chi connectivity index (χ1v) is 10.9. The third kappa shape index (κ3) is 6.01. The molecule has 0 aliphatic rings. The van der Waals surface area contributed by atoms with Crippen molar-refractivity contribution in [2.45, 2.75) is 58.4 Å². The van der Waals surface area contributed by atoms with Crippen LogP contribution >= 0.6 is 0 Å². The van der Waals surface area contributed by atoms with Crippen LogP contribution in [0.5, 0.6) is 0 Å². The number of carbonyl (C=O) groups excluding carboxylic acids is 1. The van der Waals surface area contributed by atoms with Crippen LogP contribution in [0.1, 0.15) is 51.1 Å². The minimum absolute atomic E-state index is 0.186. The smallest absolute Gasteiger partial charge is 0.243 e. The molecule has 1 aromatic carbocycles. The Balaban J connectivity index is 1.54. The van der Waals surface area contributed by atoms with Gasteiger partial charge in [-0.15, -0.1) is 5.10 Å². The molecular weight excluding hydrogens is 408 g/mol. The first kappa shape index (κ1) is 23.1. The molecule has 10 heteroatoms. The summed E-state index contributed by atoms with van der Waals surface area (Å²) in [5, 5.41) is 17.0. The summed E-state index contributed by atoms with van der Waals surface area (Å²) >= 11 is 0. The lowest BCUT2D eigenvalue weighted by atomic mass is 10.0. The van der Waals surface area contributed by atoms with E-state index >= 15 is 0 Å². The number of hydrogen-bond acceptors (Lipinski definition) is 8. The molecule has 2 heterocycles. The van der Waals surface area contributed by atoms with E-state index in [9.17, 15) is 4.79 Å². The predicted molar refractivity (Wildman–Crippen MR) is 122 cm³/mol. The van der Waals surface area contributed by atoms with Gasteiger partial charge in [-0.05, 0) is 24.8 Å². The van der Waals surface area contributed by atoms with E-state index in [0.717, 1.165) is 66.7 Å². The standard InChI is InChI=1S/C22H30N8O2/c1-2-17-20(21(23)26-22(24)25-17)16-11-9-15(10-12-16)18-14-30(29-27-18)13-7-5-3-4-6-8-19(31)28-32/h9-12,14,32H,2-8,13H2,1H3,(H,28,31)(H4,23,24,25,26). The van der Waals surface area contributed by atoms with Gasteiger partial charge in [0.1, 0.15) is 11.5 Å². The summed E-state index contributed by atoms with van der Waals surface area (Å²) in [6.07, 6.45) is 7.84. The van der Waals surface area contributed by atoms with E-state index in [0.29, 0.717) is 18.7 Å². The number of hydroxylamine groups is 1. The van der Waals surface area contributed by atoms with E-state index < -0.39 is 0 Å². The van der Waals surface area contributed by atoms with Crippen LogP contribution in [0.2, 0.25) is 0 Å². The van der Waals surface area contributed by atoms with Gasteiger partial charge in [0, 0.05) is 24.1 Å². The van der Waals surface area contributed by atoms with E-state index in [1.165, 1.54) is 0 Å². The summed E-state index contributed by atoms with van der Waals surface area (Å²) in [6, 6.07) is 7.94. The highest BCUT2D eigenvalue weighted by molar-refractivity contribution is 5.78. The molecule has 0 unspecified atom stereocenters. The maximum absolute atomic E-state index is 11.0. The summed E-state index contributed by atoms with van der Waals surface area (Å²) in [4.78, 5) is 19.4. The highest BCUT2D eigenvalue weighted by atomic mass is 16.5. The number of hydrogen-bond donors (Lipinski definition) is 4. The van der Waals surface area contributed by atoms with Crippen LogP contribution in [0.25, 0.3) is 22.4 Å². The molecule has 3 rings (SSSR count). The van der Waals surface area contributed by atoms with Crippen LogP contribution in [0.4, 0.5) is 11.8 Å². The fourth-order valence-electron chi connectivity index (χ4n) is 3.61. The number of benzene rings is 1. The van der Waals surface area contributed by atoms with Crippen LogP contribution in [0, 0.1) is 0 Å². The molecule has 10 nitrogen and oxygen atoms in total. The van der Waals surface area contributed by atoms with E-state index in [-0.39, 0.29) is 11.9 Å². The average Bonchev–Trinajstić information content (AvgIpc) is 3.26. The zero-order chi connectivity index (χ0) is 22.9. The lowest BCUT2D eigenvalue weighted by molar-refractivity contribution is -0.129.